The first kappa shape index (κ1) is 18.9. The zero-order valence-electron chi connectivity index (χ0n) is 13.9. The van der Waals surface area contributed by atoms with Gasteiger partial charge in [0.2, 0.25) is 5.88 Å². The van der Waals surface area contributed by atoms with Crippen LogP contribution in [0.15, 0.2) is 34.9 Å². The molecule has 0 spiro atoms. The Morgan fingerprint density at radius 2 is 2.20 bits per heavy atom. The number of aromatic hydroxyl groups is 1. The number of carbonyl (C=O) groups excluding carboxylic acids is 1. The maximum Gasteiger partial charge on any atom is 0.338 e. The van der Waals surface area contributed by atoms with E-state index in [1.54, 1.807) is 26.0 Å². The number of carbonyl (C=O) groups is 1. The van der Waals surface area contributed by atoms with Crippen LogP contribution in [0, 0.1) is 14.9 Å². The Kier molecular flexibility index (Phi) is 5.79. The Labute approximate surface area is 158 Å². The minimum absolute atomic E-state index is 0.0206. The second kappa shape index (κ2) is 7.65. The number of nitrogens with two attached hydrogens (primary N) is 1. The Morgan fingerprint density at radius 1 is 1.52 bits per heavy atom. The van der Waals surface area contributed by atoms with Crippen LogP contribution in [0.1, 0.15) is 25.3 Å². The highest BCUT2D eigenvalue weighted by molar-refractivity contribution is 14.1. The van der Waals surface area contributed by atoms with Crippen molar-refractivity contribution in [2.24, 2.45) is 5.73 Å². The number of hydrogen-bond donors (Lipinski definition) is 2. The smallest absolute Gasteiger partial charge is 0.338 e. The van der Waals surface area contributed by atoms with E-state index in [0.29, 0.717) is 9.13 Å². The summed E-state index contributed by atoms with van der Waals surface area (Å²) >= 11 is 1.94. The lowest BCUT2D eigenvalue weighted by atomic mass is 9.83. The molecule has 1 heterocycles. The summed E-state index contributed by atoms with van der Waals surface area (Å²) in [6.45, 7) is 3.46. The van der Waals surface area contributed by atoms with Gasteiger partial charge in [-0.1, -0.05) is 0 Å². The molecule has 0 bridgehead atoms. The summed E-state index contributed by atoms with van der Waals surface area (Å²) in [5.74, 6) is -0.965. The molecule has 0 amide bonds. The highest BCUT2D eigenvalue weighted by Gasteiger charge is 2.37. The molecule has 2 rings (SSSR count). The number of methoxy groups -OCH3 is 1. The van der Waals surface area contributed by atoms with Crippen LogP contribution < -0.4 is 10.5 Å². The van der Waals surface area contributed by atoms with Gasteiger partial charge in [-0.05, 0) is 54.1 Å². The molecular formula is C17H17IN2O5. The zero-order chi connectivity index (χ0) is 18.7. The van der Waals surface area contributed by atoms with Crippen molar-refractivity contribution in [3.63, 3.8) is 0 Å². The van der Waals surface area contributed by atoms with Gasteiger partial charge in [0.1, 0.15) is 17.4 Å². The van der Waals surface area contributed by atoms with E-state index in [1.807, 2.05) is 28.7 Å². The van der Waals surface area contributed by atoms with Gasteiger partial charge in [-0.3, -0.25) is 0 Å². The summed E-state index contributed by atoms with van der Waals surface area (Å²) in [7, 11) is 1.42. The normalized spacial score (nSPS) is 17.0. The largest absolute Gasteiger partial charge is 0.504 e. The molecule has 1 unspecified atom stereocenters. The molecule has 0 fully saturated rings. The van der Waals surface area contributed by atoms with Gasteiger partial charge in [0.05, 0.1) is 28.8 Å². The Bertz CT molecular complexity index is 823. The number of esters is 1. The van der Waals surface area contributed by atoms with E-state index in [-0.39, 0.29) is 40.9 Å². The first-order chi connectivity index (χ1) is 11.8. The fourth-order valence-electron chi connectivity index (χ4n) is 2.60. The van der Waals surface area contributed by atoms with Gasteiger partial charge in [-0.15, -0.1) is 0 Å². The van der Waals surface area contributed by atoms with Crippen molar-refractivity contribution in [2.45, 2.75) is 19.8 Å². The lowest BCUT2D eigenvalue weighted by Crippen LogP contribution is -2.25. The van der Waals surface area contributed by atoms with E-state index in [9.17, 15) is 15.2 Å². The van der Waals surface area contributed by atoms with Crippen molar-refractivity contribution in [2.75, 3.05) is 13.7 Å². The van der Waals surface area contributed by atoms with Crippen LogP contribution >= 0.6 is 22.6 Å². The lowest BCUT2D eigenvalue weighted by Gasteiger charge is -2.27. The SMILES string of the molecule is CCOC(=O)C1=C(C)OC(N)=C(C#N)C1c1cc(I)c(O)c(OC)c1. The monoisotopic (exact) mass is 456 g/mol. The molecule has 1 aliphatic heterocycles. The maximum atomic E-state index is 12.5. The molecule has 0 radical (unpaired) electrons. The minimum Gasteiger partial charge on any atom is -0.504 e. The summed E-state index contributed by atoms with van der Waals surface area (Å²) in [5, 5.41) is 19.6. The fraction of sp³-hybridized carbons (Fsp3) is 0.294. The molecule has 1 aromatic rings. The Balaban J connectivity index is 2.71. The number of benzene rings is 1. The summed E-state index contributed by atoms with van der Waals surface area (Å²) in [5.41, 5.74) is 6.69. The Hall–Kier alpha value is -2.41. The van der Waals surface area contributed by atoms with Crippen LogP contribution in [-0.2, 0) is 14.3 Å². The van der Waals surface area contributed by atoms with Gasteiger partial charge in [0, 0.05) is 0 Å². The standard InChI is InChI=1S/C17H17IN2O5/c1-4-24-17(22)13-8(2)25-16(20)10(7-19)14(13)9-5-11(18)15(21)12(6-9)23-3/h5-6,14,21H,4,20H2,1-3H3. The Morgan fingerprint density at radius 3 is 2.76 bits per heavy atom. The number of ether oxygens (including phenoxy) is 3. The molecule has 1 aliphatic rings. The molecule has 0 aromatic heterocycles. The number of halogens is 1. The van der Waals surface area contributed by atoms with Gasteiger partial charge < -0.3 is 25.1 Å². The molecule has 1 atom stereocenters. The van der Waals surface area contributed by atoms with Gasteiger partial charge >= 0.3 is 5.97 Å². The van der Waals surface area contributed by atoms with Crippen LogP contribution in [0.4, 0.5) is 0 Å². The van der Waals surface area contributed by atoms with Crippen LogP contribution in [0.5, 0.6) is 11.5 Å². The summed E-state index contributed by atoms with van der Waals surface area (Å²) < 4.78 is 16.2. The van der Waals surface area contributed by atoms with Crippen molar-refractivity contribution >= 4 is 28.6 Å². The molecule has 132 valence electrons. The van der Waals surface area contributed by atoms with Crippen LogP contribution in [0.25, 0.3) is 0 Å². The third kappa shape index (κ3) is 3.51. The summed E-state index contributed by atoms with van der Waals surface area (Å²) in [6, 6.07) is 5.22. The predicted molar refractivity (Wildman–Crippen MR) is 97.4 cm³/mol. The molecule has 8 heteroatoms. The van der Waals surface area contributed by atoms with Gasteiger partial charge in [0.25, 0.3) is 0 Å². The summed E-state index contributed by atoms with van der Waals surface area (Å²) in [4.78, 5) is 12.5. The minimum atomic E-state index is -0.777. The number of allylic oxidation sites excluding steroid dienone is 2. The van der Waals surface area contributed by atoms with E-state index in [1.165, 1.54) is 7.11 Å². The molecule has 0 saturated carbocycles. The average molecular weight is 456 g/mol. The number of hydrogen-bond acceptors (Lipinski definition) is 7. The maximum absolute atomic E-state index is 12.5. The zero-order valence-corrected chi connectivity index (χ0v) is 16.1. The molecule has 0 aliphatic carbocycles. The number of nitrogens with zero attached hydrogens (tertiary/aromatic N) is 1. The number of phenolic OH excluding ortho intramolecular Hbond substituents is 1. The number of rotatable bonds is 4. The second-order valence-electron chi connectivity index (χ2n) is 5.17. The van der Waals surface area contributed by atoms with Crippen molar-refractivity contribution in [3.05, 3.63) is 44.1 Å². The van der Waals surface area contributed by atoms with Gasteiger partial charge in [-0.25, -0.2) is 4.79 Å². The molecule has 3 N–H and O–H groups in total. The van der Waals surface area contributed by atoms with Gasteiger partial charge in [-0.2, -0.15) is 5.26 Å². The predicted octanol–water partition coefficient (Wildman–Crippen LogP) is 2.65. The third-order valence-electron chi connectivity index (χ3n) is 3.70. The van der Waals surface area contributed by atoms with E-state index in [0.717, 1.165) is 0 Å². The van der Waals surface area contributed by atoms with E-state index in [4.69, 9.17) is 19.9 Å². The first-order valence-electron chi connectivity index (χ1n) is 7.37. The van der Waals surface area contributed by atoms with Crippen LogP contribution in [0.3, 0.4) is 0 Å². The molecule has 0 saturated heterocycles. The number of nitriles is 1. The second-order valence-corrected chi connectivity index (χ2v) is 6.33. The van der Waals surface area contributed by atoms with Crippen molar-refractivity contribution in [1.82, 2.24) is 0 Å². The fourth-order valence-corrected chi connectivity index (χ4v) is 3.23. The average Bonchev–Trinajstić information content (AvgIpc) is 2.56. The topological polar surface area (TPSA) is 115 Å². The third-order valence-corrected chi connectivity index (χ3v) is 4.53. The van der Waals surface area contributed by atoms with Crippen molar-refractivity contribution < 1.29 is 24.1 Å². The van der Waals surface area contributed by atoms with Crippen molar-refractivity contribution in [1.29, 1.82) is 5.26 Å². The van der Waals surface area contributed by atoms with Crippen LogP contribution in [0.2, 0.25) is 0 Å². The van der Waals surface area contributed by atoms with E-state index >= 15 is 0 Å². The van der Waals surface area contributed by atoms with Gasteiger partial charge in [0.15, 0.2) is 11.5 Å². The van der Waals surface area contributed by atoms with Crippen LogP contribution in [-0.4, -0.2) is 24.8 Å². The van der Waals surface area contributed by atoms with E-state index < -0.39 is 11.9 Å². The van der Waals surface area contributed by atoms with E-state index in [2.05, 4.69) is 0 Å². The number of phenols is 1. The quantitative estimate of drug-likeness (QED) is 0.529. The summed E-state index contributed by atoms with van der Waals surface area (Å²) in [6.07, 6.45) is 0. The first-order valence-corrected chi connectivity index (χ1v) is 8.45. The molecule has 25 heavy (non-hydrogen) atoms. The molecule has 1 aromatic carbocycles. The highest BCUT2D eigenvalue weighted by atomic mass is 127. The lowest BCUT2D eigenvalue weighted by molar-refractivity contribution is -0.139. The highest BCUT2D eigenvalue weighted by Crippen LogP contribution is 2.43. The molecular weight excluding hydrogens is 439 g/mol. The van der Waals surface area contributed by atoms with Crippen molar-refractivity contribution in [3.8, 4) is 17.6 Å². The molecule has 7 nitrogen and oxygen atoms in total.